The predicted octanol–water partition coefficient (Wildman–Crippen LogP) is 5.32. The molecule has 0 saturated carbocycles. The maximum Gasteiger partial charge on any atom is 0.138 e. The number of pyridine rings is 3. The van der Waals surface area contributed by atoms with Gasteiger partial charge in [-0.2, -0.15) is 5.10 Å². The monoisotopic (exact) mass is 523 g/mol. The molecule has 0 aliphatic rings. The van der Waals surface area contributed by atoms with Crippen LogP contribution in [0.25, 0.3) is 55.8 Å². The molecule has 0 amide bonds. The molecular weight excluding hydrogens is 497 g/mol. The zero-order chi connectivity index (χ0) is 26.9. The van der Waals surface area contributed by atoms with Crippen LogP contribution in [0.1, 0.15) is 0 Å². The molecule has 5 aromatic heterocycles. The Morgan fingerprint density at radius 3 is 2.69 bits per heavy atom. The summed E-state index contributed by atoms with van der Waals surface area (Å²) in [6, 6.07) is 14.3. The van der Waals surface area contributed by atoms with Crippen molar-refractivity contribution in [3.8, 4) is 45.3 Å². The lowest BCUT2D eigenvalue weighted by atomic mass is 10.0. The summed E-state index contributed by atoms with van der Waals surface area (Å²) in [5.74, 6) is 0.768. The van der Waals surface area contributed by atoms with Crippen LogP contribution < -0.4 is 9.47 Å². The second kappa shape index (κ2) is 10.1. The van der Waals surface area contributed by atoms with Gasteiger partial charge in [-0.3, -0.25) is 10.1 Å². The highest BCUT2D eigenvalue weighted by atomic mass is 19.1. The standard InChI is InChI=1S/C29H26FN7O2/c1-37(2)8-9-39-20-11-17(10-19(30)13-20)22-6-7-32-29-23(22)14-26(34-29)28-27-25(35-36-28)5-4-24(33-27)18-12-21(38-3)16-31-15-18/h4-7,10-16H,8-9H2,1-3H3,(H,32,34)(H,35,36). The van der Waals surface area contributed by atoms with Crippen LogP contribution in [0.4, 0.5) is 4.39 Å². The first-order chi connectivity index (χ1) is 19.0. The van der Waals surface area contributed by atoms with Gasteiger partial charge in [0.2, 0.25) is 0 Å². The van der Waals surface area contributed by atoms with E-state index < -0.39 is 0 Å². The zero-order valence-corrected chi connectivity index (χ0v) is 21.7. The Kier molecular flexibility index (Phi) is 6.37. The molecule has 9 nitrogen and oxygen atoms in total. The van der Waals surface area contributed by atoms with Gasteiger partial charge in [-0.15, -0.1) is 0 Å². The fourth-order valence-corrected chi connectivity index (χ4v) is 4.47. The molecule has 0 saturated heterocycles. The lowest BCUT2D eigenvalue weighted by Gasteiger charge is -2.12. The maximum absolute atomic E-state index is 14.6. The van der Waals surface area contributed by atoms with Crippen LogP contribution in [-0.4, -0.2) is 69.4 Å². The van der Waals surface area contributed by atoms with Gasteiger partial charge in [0.15, 0.2) is 0 Å². The largest absolute Gasteiger partial charge is 0.495 e. The van der Waals surface area contributed by atoms with Crippen LogP contribution >= 0.6 is 0 Å². The number of rotatable bonds is 8. The highest BCUT2D eigenvalue weighted by Gasteiger charge is 2.17. The van der Waals surface area contributed by atoms with Crippen molar-refractivity contribution in [3.05, 3.63) is 72.9 Å². The third kappa shape index (κ3) is 4.89. The molecule has 5 heterocycles. The van der Waals surface area contributed by atoms with E-state index in [1.54, 1.807) is 25.7 Å². The Morgan fingerprint density at radius 1 is 0.974 bits per heavy atom. The summed E-state index contributed by atoms with van der Waals surface area (Å²) in [5, 5.41) is 8.43. The molecule has 2 N–H and O–H groups in total. The van der Waals surface area contributed by atoms with E-state index in [4.69, 9.17) is 14.5 Å². The van der Waals surface area contributed by atoms with Crippen molar-refractivity contribution in [2.24, 2.45) is 0 Å². The van der Waals surface area contributed by atoms with Gasteiger partial charge in [-0.1, -0.05) is 0 Å². The summed E-state index contributed by atoms with van der Waals surface area (Å²) in [6.07, 6.45) is 5.09. The number of aromatic amines is 2. The van der Waals surface area contributed by atoms with Gasteiger partial charge in [0, 0.05) is 36.0 Å². The molecule has 0 bridgehead atoms. The zero-order valence-electron chi connectivity index (χ0n) is 21.7. The van der Waals surface area contributed by atoms with E-state index in [-0.39, 0.29) is 5.82 Å². The fraction of sp³-hybridized carbons (Fsp3) is 0.172. The van der Waals surface area contributed by atoms with Crippen molar-refractivity contribution in [2.45, 2.75) is 0 Å². The van der Waals surface area contributed by atoms with Gasteiger partial charge in [0.1, 0.15) is 40.8 Å². The van der Waals surface area contributed by atoms with Gasteiger partial charge < -0.3 is 19.4 Å². The number of nitrogens with one attached hydrogen (secondary N) is 2. The van der Waals surface area contributed by atoms with Crippen LogP contribution in [0.3, 0.4) is 0 Å². The molecule has 0 spiro atoms. The Hall–Kier alpha value is -4.83. The molecule has 0 radical (unpaired) electrons. The number of nitrogens with zero attached hydrogens (tertiary/aromatic N) is 5. The molecule has 6 aromatic rings. The van der Waals surface area contributed by atoms with Gasteiger partial charge >= 0.3 is 0 Å². The van der Waals surface area contributed by atoms with Crippen molar-refractivity contribution < 1.29 is 13.9 Å². The van der Waals surface area contributed by atoms with E-state index in [1.807, 2.05) is 55.4 Å². The lowest BCUT2D eigenvalue weighted by Crippen LogP contribution is -2.19. The number of benzene rings is 1. The minimum atomic E-state index is -0.366. The first-order valence-electron chi connectivity index (χ1n) is 12.4. The number of methoxy groups -OCH3 is 1. The minimum absolute atomic E-state index is 0.366. The van der Waals surface area contributed by atoms with E-state index in [9.17, 15) is 4.39 Å². The molecule has 10 heteroatoms. The summed E-state index contributed by atoms with van der Waals surface area (Å²) in [7, 11) is 5.53. The number of H-pyrrole nitrogens is 2. The molecule has 0 atom stereocenters. The highest BCUT2D eigenvalue weighted by Crippen LogP contribution is 2.35. The van der Waals surface area contributed by atoms with E-state index in [1.165, 1.54) is 12.1 Å². The van der Waals surface area contributed by atoms with E-state index >= 15 is 0 Å². The van der Waals surface area contributed by atoms with Crippen molar-refractivity contribution in [1.29, 1.82) is 0 Å². The van der Waals surface area contributed by atoms with Gasteiger partial charge in [0.05, 0.1) is 30.2 Å². The molecule has 0 fully saturated rings. The number of fused-ring (bicyclic) bond motifs is 2. The third-order valence-corrected chi connectivity index (χ3v) is 6.43. The van der Waals surface area contributed by atoms with Gasteiger partial charge in [0.25, 0.3) is 0 Å². The highest BCUT2D eigenvalue weighted by molar-refractivity contribution is 5.99. The molecular formula is C29H26FN7O2. The summed E-state index contributed by atoms with van der Waals surface area (Å²) in [5.41, 5.74) is 6.65. The Morgan fingerprint density at radius 2 is 1.85 bits per heavy atom. The number of halogens is 1. The number of hydrogen-bond acceptors (Lipinski definition) is 7. The van der Waals surface area contributed by atoms with Crippen LogP contribution in [0, 0.1) is 5.82 Å². The van der Waals surface area contributed by atoms with Gasteiger partial charge in [-0.25, -0.2) is 14.4 Å². The third-order valence-electron chi connectivity index (χ3n) is 6.43. The SMILES string of the molecule is COc1cncc(-c2ccc3[nH]nc(-c4cc5c(-c6cc(F)cc(OCCN(C)C)c6)ccnc5[nH]4)c3n2)c1. The molecule has 1 aromatic carbocycles. The second-order valence-corrected chi connectivity index (χ2v) is 9.41. The Balaban J connectivity index is 1.40. The molecule has 0 aliphatic carbocycles. The number of hydrogen-bond donors (Lipinski definition) is 2. The molecule has 0 aliphatic heterocycles. The average molecular weight is 524 g/mol. The summed E-state index contributed by atoms with van der Waals surface area (Å²) in [4.78, 5) is 19.0. The van der Waals surface area contributed by atoms with Gasteiger partial charge in [-0.05, 0) is 67.7 Å². The molecule has 0 unspecified atom stereocenters. The summed E-state index contributed by atoms with van der Waals surface area (Å²) >= 11 is 0. The fourth-order valence-electron chi connectivity index (χ4n) is 4.47. The van der Waals surface area contributed by atoms with Crippen LogP contribution in [0.2, 0.25) is 0 Å². The molecule has 196 valence electrons. The first kappa shape index (κ1) is 24.5. The Labute approximate surface area is 223 Å². The average Bonchev–Trinajstić information content (AvgIpc) is 3.56. The van der Waals surface area contributed by atoms with Crippen molar-refractivity contribution in [2.75, 3.05) is 34.4 Å². The maximum atomic E-state index is 14.6. The van der Waals surface area contributed by atoms with Crippen molar-refractivity contribution >= 4 is 22.1 Å². The van der Waals surface area contributed by atoms with E-state index in [0.29, 0.717) is 40.5 Å². The lowest BCUT2D eigenvalue weighted by molar-refractivity contribution is 0.260. The van der Waals surface area contributed by atoms with Crippen molar-refractivity contribution in [3.63, 3.8) is 0 Å². The van der Waals surface area contributed by atoms with E-state index in [2.05, 4.69) is 25.1 Å². The Bertz CT molecular complexity index is 1790. The topological polar surface area (TPSA) is 105 Å². The summed E-state index contributed by atoms with van der Waals surface area (Å²) < 4.78 is 25.7. The summed E-state index contributed by atoms with van der Waals surface area (Å²) in [6.45, 7) is 1.19. The first-order valence-corrected chi connectivity index (χ1v) is 12.4. The van der Waals surface area contributed by atoms with Crippen LogP contribution in [0.15, 0.2) is 67.1 Å². The number of aromatic nitrogens is 6. The number of ether oxygens (including phenoxy) is 2. The van der Waals surface area contributed by atoms with Crippen molar-refractivity contribution in [1.82, 2.24) is 35.0 Å². The second-order valence-electron chi connectivity index (χ2n) is 9.41. The molecule has 39 heavy (non-hydrogen) atoms. The van der Waals surface area contributed by atoms with Crippen LogP contribution in [0.5, 0.6) is 11.5 Å². The predicted molar refractivity (Wildman–Crippen MR) is 148 cm³/mol. The molecule has 6 rings (SSSR count). The minimum Gasteiger partial charge on any atom is -0.495 e. The quantitative estimate of drug-likeness (QED) is 0.278. The van der Waals surface area contributed by atoms with Crippen LogP contribution in [-0.2, 0) is 0 Å². The smallest absolute Gasteiger partial charge is 0.138 e. The van der Waals surface area contributed by atoms with E-state index in [0.717, 1.165) is 40.0 Å². The number of likely N-dealkylation sites (N-methyl/N-ethyl adjacent to an activating group) is 1. The normalized spacial score (nSPS) is 11.5.